The molecule has 2 rings (SSSR count). The summed E-state index contributed by atoms with van der Waals surface area (Å²) in [4.78, 5) is 3.93. The maximum atomic E-state index is 9.26. The molecule has 0 aliphatic rings. The molecule has 1 aromatic heterocycles. The second-order valence-corrected chi connectivity index (χ2v) is 4.08. The van der Waals surface area contributed by atoms with Crippen LogP contribution in [0.3, 0.4) is 0 Å². The fourth-order valence-electron chi connectivity index (χ4n) is 1.62. The summed E-state index contributed by atoms with van der Waals surface area (Å²) >= 11 is 0. The standard InChI is InChI=1S/C14H15NO4/c16-7-10-1-3-11(4-2-10)9-19-14-12(8-17)5-13(18)6-15-14/h1-6,16-18H,7-9H2. The molecule has 0 bridgehead atoms. The third-order valence-electron chi connectivity index (χ3n) is 2.66. The van der Waals surface area contributed by atoms with Gasteiger partial charge in [0, 0.05) is 5.56 Å². The smallest absolute Gasteiger partial charge is 0.219 e. The highest BCUT2D eigenvalue weighted by Gasteiger charge is 2.06. The van der Waals surface area contributed by atoms with Crippen LogP contribution in [0.5, 0.6) is 11.6 Å². The Morgan fingerprint density at radius 2 is 1.68 bits per heavy atom. The van der Waals surface area contributed by atoms with Crippen LogP contribution in [-0.4, -0.2) is 20.3 Å². The van der Waals surface area contributed by atoms with E-state index in [2.05, 4.69) is 4.98 Å². The molecular weight excluding hydrogens is 246 g/mol. The molecule has 2 aromatic rings. The molecule has 0 fully saturated rings. The quantitative estimate of drug-likeness (QED) is 0.756. The first-order valence-corrected chi connectivity index (χ1v) is 5.83. The second kappa shape index (κ2) is 6.17. The number of aromatic hydroxyl groups is 1. The fraction of sp³-hybridized carbons (Fsp3) is 0.214. The number of hydrogen-bond donors (Lipinski definition) is 3. The van der Waals surface area contributed by atoms with Crippen LogP contribution in [0, 0.1) is 0 Å². The van der Waals surface area contributed by atoms with Gasteiger partial charge in [-0.05, 0) is 17.2 Å². The molecule has 100 valence electrons. The number of hydrogen-bond acceptors (Lipinski definition) is 5. The Bertz CT molecular complexity index is 540. The van der Waals surface area contributed by atoms with Crippen molar-refractivity contribution in [2.75, 3.05) is 0 Å². The molecule has 19 heavy (non-hydrogen) atoms. The normalized spacial score (nSPS) is 10.4. The predicted molar refractivity (Wildman–Crippen MR) is 68.5 cm³/mol. The lowest BCUT2D eigenvalue weighted by atomic mass is 10.1. The summed E-state index contributed by atoms with van der Waals surface area (Å²) in [6.45, 7) is 0.0615. The summed E-state index contributed by atoms with van der Waals surface area (Å²) in [5, 5.41) is 27.3. The SMILES string of the molecule is OCc1ccc(COc2ncc(O)cc2CO)cc1. The molecule has 0 spiro atoms. The first-order valence-electron chi connectivity index (χ1n) is 5.83. The van der Waals surface area contributed by atoms with Crippen molar-refractivity contribution in [3.63, 3.8) is 0 Å². The molecule has 0 amide bonds. The van der Waals surface area contributed by atoms with Gasteiger partial charge in [-0.25, -0.2) is 4.98 Å². The minimum absolute atomic E-state index is 0.00924. The molecule has 0 atom stereocenters. The van der Waals surface area contributed by atoms with Crippen LogP contribution in [0.4, 0.5) is 0 Å². The lowest BCUT2D eigenvalue weighted by molar-refractivity contribution is 0.251. The average molecular weight is 261 g/mol. The van der Waals surface area contributed by atoms with Gasteiger partial charge in [-0.2, -0.15) is 0 Å². The Kier molecular flexibility index (Phi) is 4.33. The number of aliphatic hydroxyl groups excluding tert-OH is 2. The largest absolute Gasteiger partial charge is 0.506 e. The van der Waals surface area contributed by atoms with Gasteiger partial charge in [-0.15, -0.1) is 0 Å². The molecule has 0 aliphatic carbocycles. The Hall–Kier alpha value is -2.11. The van der Waals surface area contributed by atoms with Gasteiger partial charge in [0.15, 0.2) is 0 Å². The highest BCUT2D eigenvalue weighted by Crippen LogP contribution is 2.21. The molecular formula is C14H15NO4. The molecule has 5 heteroatoms. The average Bonchev–Trinajstić information content (AvgIpc) is 2.46. The zero-order valence-electron chi connectivity index (χ0n) is 10.3. The molecule has 1 aromatic carbocycles. The van der Waals surface area contributed by atoms with E-state index in [1.807, 2.05) is 24.3 Å². The number of aliphatic hydroxyl groups is 2. The highest BCUT2D eigenvalue weighted by atomic mass is 16.5. The molecule has 1 heterocycles. The lowest BCUT2D eigenvalue weighted by Crippen LogP contribution is -2.01. The van der Waals surface area contributed by atoms with E-state index in [0.717, 1.165) is 11.1 Å². The van der Waals surface area contributed by atoms with E-state index >= 15 is 0 Å². The Morgan fingerprint density at radius 3 is 2.32 bits per heavy atom. The summed E-state index contributed by atoms with van der Waals surface area (Å²) in [6.07, 6.45) is 1.27. The van der Waals surface area contributed by atoms with Crippen molar-refractivity contribution in [3.8, 4) is 11.6 Å². The fourth-order valence-corrected chi connectivity index (χ4v) is 1.62. The highest BCUT2D eigenvalue weighted by molar-refractivity contribution is 5.32. The van der Waals surface area contributed by atoms with E-state index in [1.165, 1.54) is 12.3 Å². The van der Waals surface area contributed by atoms with E-state index in [-0.39, 0.29) is 19.0 Å². The first-order chi connectivity index (χ1) is 9.22. The second-order valence-electron chi connectivity index (χ2n) is 4.08. The minimum atomic E-state index is -0.250. The molecule has 0 saturated carbocycles. The zero-order chi connectivity index (χ0) is 13.7. The van der Waals surface area contributed by atoms with E-state index < -0.39 is 0 Å². The number of nitrogens with zero attached hydrogens (tertiary/aromatic N) is 1. The van der Waals surface area contributed by atoms with Gasteiger partial charge in [0.2, 0.25) is 5.88 Å². The van der Waals surface area contributed by atoms with Crippen molar-refractivity contribution < 1.29 is 20.1 Å². The molecule has 3 N–H and O–H groups in total. The van der Waals surface area contributed by atoms with Crippen molar-refractivity contribution in [1.29, 1.82) is 0 Å². The molecule has 0 unspecified atom stereocenters. The monoisotopic (exact) mass is 261 g/mol. The van der Waals surface area contributed by atoms with Crippen LogP contribution in [0.15, 0.2) is 36.5 Å². The van der Waals surface area contributed by atoms with Crippen molar-refractivity contribution >= 4 is 0 Å². The molecule has 5 nitrogen and oxygen atoms in total. The number of rotatable bonds is 5. The topological polar surface area (TPSA) is 82.8 Å². The first kappa shape index (κ1) is 13.3. The van der Waals surface area contributed by atoms with Crippen LogP contribution in [0.25, 0.3) is 0 Å². The Balaban J connectivity index is 2.05. The summed E-state index contributed by atoms with van der Waals surface area (Å²) in [6, 6.07) is 8.75. The lowest BCUT2D eigenvalue weighted by Gasteiger charge is -2.09. The number of pyridine rings is 1. The van der Waals surface area contributed by atoms with Gasteiger partial charge in [-0.1, -0.05) is 24.3 Å². The van der Waals surface area contributed by atoms with Crippen LogP contribution in [0.2, 0.25) is 0 Å². The minimum Gasteiger partial charge on any atom is -0.506 e. The molecule has 0 aliphatic heterocycles. The van der Waals surface area contributed by atoms with E-state index in [1.54, 1.807) is 0 Å². The van der Waals surface area contributed by atoms with Gasteiger partial charge in [-0.3, -0.25) is 0 Å². The van der Waals surface area contributed by atoms with Crippen LogP contribution in [-0.2, 0) is 19.8 Å². The van der Waals surface area contributed by atoms with Gasteiger partial charge >= 0.3 is 0 Å². The Morgan fingerprint density at radius 1 is 1.00 bits per heavy atom. The third-order valence-corrected chi connectivity index (χ3v) is 2.66. The van der Waals surface area contributed by atoms with Crippen molar-refractivity contribution in [1.82, 2.24) is 4.98 Å². The van der Waals surface area contributed by atoms with Gasteiger partial charge < -0.3 is 20.1 Å². The van der Waals surface area contributed by atoms with Gasteiger partial charge in [0.1, 0.15) is 12.4 Å². The van der Waals surface area contributed by atoms with Crippen LogP contribution < -0.4 is 4.74 Å². The Labute approximate surface area is 110 Å². The van der Waals surface area contributed by atoms with E-state index in [9.17, 15) is 5.11 Å². The molecule has 0 radical (unpaired) electrons. The van der Waals surface area contributed by atoms with Crippen molar-refractivity contribution in [2.45, 2.75) is 19.8 Å². The number of aromatic nitrogens is 1. The van der Waals surface area contributed by atoms with E-state index in [4.69, 9.17) is 14.9 Å². The van der Waals surface area contributed by atoms with Crippen molar-refractivity contribution in [2.24, 2.45) is 0 Å². The van der Waals surface area contributed by atoms with Gasteiger partial charge in [0.05, 0.1) is 19.4 Å². The maximum absolute atomic E-state index is 9.26. The van der Waals surface area contributed by atoms with Crippen molar-refractivity contribution in [3.05, 3.63) is 53.2 Å². The summed E-state index contributed by atoms with van der Waals surface area (Å²) in [5.41, 5.74) is 2.20. The number of benzene rings is 1. The van der Waals surface area contributed by atoms with E-state index in [0.29, 0.717) is 18.1 Å². The number of ether oxygens (including phenoxy) is 1. The summed E-state index contributed by atoms with van der Waals surface area (Å²) in [5.74, 6) is 0.287. The van der Waals surface area contributed by atoms with Gasteiger partial charge in [0.25, 0.3) is 0 Å². The molecule has 0 saturated heterocycles. The predicted octanol–water partition coefficient (Wildman–Crippen LogP) is 1.35. The summed E-state index contributed by atoms with van der Waals surface area (Å²) in [7, 11) is 0. The summed E-state index contributed by atoms with van der Waals surface area (Å²) < 4.78 is 5.50. The van der Waals surface area contributed by atoms with Crippen LogP contribution >= 0.6 is 0 Å². The zero-order valence-corrected chi connectivity index (χ0v) is 10.3. The maximum Gasteiger partial charge on any atom is 0.219 e. The van der Waals surface area contributed by atoms with Crippen LogP contribution in [0.1, 0.15) is 16.7 Å². The third kappa shape index (κ3) is 3.43.